The number of aryl methyl sites for hydroxylation is 1. The van der Waals surface area contributed by atoms with E-state index in [0.29, 0.717) is 10.6 Å². The van der Waals surface area contributed by atoms with Crippen molar-refractivity contribution < 1.29 is 0 Å². The van der Waals surface area contributed by atoms with Gasteiger partial charge < -0.3 is 4.98 Å². The summed E-state index contributed by atoms with van der Waals surface area (Å²) in [4.78, 5) is 7.85. The van der Waals surface area contributed by atoms with E-state index in [9.17, 15) is 0 Å². The van der Waals surface area contributed by atoms with Gasteiger partial charge in [-0.25, -0.2) is 4.98 Å². The zero-order valence-corrected chi connectivity index (χ0v) is 13.0. The van der Waals surface area contributed by atoms with Crippen LogP contribution in [0.1, 0.15) is 31.0 Å². The largest absolute Gasteiger partial charge is 0.343 e. The molecule has 0 bridgehead atoms. The quantitative estimate of drug-likeness (QED) is 0.788. The molecule has 0 amide bonds. The van der Waals surface area contributed by atoms with E-state index in [1.165, 1.54) is 0 Å². The smallest absolute Gasteiger partial charge is 0.139 e. The summed E-state index contributed by atoms with van der Waals surface area (Å²) in [6.07, 6.45) is 0. The number of rotatable bonds is 2. The lowest BCUT2D eigenvalue weighted by Crippen LogP contribution is -2.01. The fourth-order valence-corrected chi connectivity index (χ4v) is 2.93. The first-order valence-corrected chi connectivity index (χ1v) is 7.06. The van der Waals surface area contributed by atoms with Gasteiger partial charge in [-0.2, -0.15) is 0 Å². The fourth-order valence-electron chi connectivity index (χ4n) is 2.05. The lowest BCUT2D eigenvalue weighted by atomic mass is 10.0. The highest BCUT2D eigenvalue weighted by Crippen LogP contribution is 2.24. The number of aromatic nitrogens is 2. The molecule has 1 aromatic heterocycles. The molecule has 18 heavy (non-hydrogen) atoms. The summed E-state index contributed by atoms with van der Waals surface area (Å²) in [5.74, 6) is 1.21. The predicted octanol–water partition coefficient (Wildman–Crippen LogP) is 5.00. The van der Waals surface area contributed by atoms with Crippen molar-refractivity contribution in [2.45, 2.75) is 26.7 Å². The van der Waals surface area contributed by atoms with E-state index in [1.54, 1.807) is 0 Å². The third-order valence-electron chi connectivity index (χ3n) is 2.83. The summed E-state index contributed by atoms with van der Waals surface area (Å²) < 4.78 is 1.72. The second-order valence-electron chi connectivity index (χ2n) is 4.59. The molecule has 0 aliphatic heterocycles. The molecule has 1 N–H and O–H groups in total. The maximum atomic E-state index is 5.39. The number of benzene rings is 1. The lowest BCUT2D eigenvalue weighted by Gasteiger charge is -2.11. The fraction of sp³-hybridized carbons (Fsp3) is 0.286. The minimum Gasteiger partial charge on any atom is -0.343 e. The van der Waals surface area contributed by atoms with Gasteiger partial charge in [0.25, 0.3) is 0 Å². The van der Waals surface area contributed by atoms with Gasteiger partial charge in [0, 0.05) is 21.3 Å². The first-order valence-electron chi connectivity index (χ1n) is 5.86. The molecule has 0 aliphatic rings. The molecule has 94 valence electrons. The molecule has 0 spiro atoms. The minimum atomic E-state index is 0.387. The molecular weight excluding hydrogens is 308 g/mol. The van der Waals surface area contributed by atoms with Gasteiger partial charge in [0.15, 0.2) is 0 Å². The van der Waals surface area contributed by atoms with Crippen LogP contribution in [0.3, 0.4) is 0 Å². The van der Waals surface area contributed by atoms with Gasteiger partial charge in [-0.1, -0.05) is 54.1 Å². The second-order valence-corrected chi connectivity index (χ2v) is 5.90. The maximum Gasteiger partial charge on any atom is 0.139 e. The lowest BCUT2D eigenvalue weighted by molar-refractivity contribution is 0.825. The Morgan fingerprint density at radius 2 is 2.06 bits per heavy atom. The van der Waals surface area contributed by atoms with Crippen LogP contribution in [0.2, 0.25) is 0 Å². The third kappa shape index (κ3) is 2.70. The summed E-state index contributed by atoms with van der Waals surface area (Å²) in [7, 11) is 0. The van der Waals surface area contributed by atoms with Crippen LogP contribution in [-0.2, 0) is 0 Å². The summed E-state index contributed by atoms with van der Waals surface area (Å²) in [5, 5.41) is 0. The van der Waals surface area contributed by atoms with Crippen LogP contribution in [-0.4, -0.2) is 9.97 Å². The Hall–Kier alpha value is -1.00. The van der Waals surface area contributed by atoms with Gasteiger partial charge in [-0.3, -0.25) is 0 Å². The van der Waals surface area contributed by atoms with Crippen LogP contribution in [0.4, 0.5) is 0 Å². The Bertz CT molecular complexity index is 632. The van der Waals surface area contributed by atoms with E-state index in [2.05, 4.69) is 39.7 Å². The predicted molar refractivity (Wildman–Crippen MR) is 81.4 cm³/mol. The third-order valence-corrected chi connectivity index (χ3v) is 3.63. The van der Waals surface area contributed by atoms with Gasteiger partial charge in [0.1, 0.15) is 10.5 Å². The van der Waals surface area contributed by atoms with Crippen molar-refractivity contribution in [3.8, 4) is 11.4 Å². The molecule has 0 radical (unpaired) electrons. The molecule has 0 saturated heterocycles. The van der Waals surface area contributed by atoms with Gasteiger partial charge >= 0.3 is 0 Å². The van der Waals surface area contributed by atoms with E-state index in [-0.39, 0.29) is 0 Å². The number of hydrogen-bond acceptors (Lipinski definition) is 2. The summed E-state index contributed by atoms with van der Waals surface area (Å²) >= 11 is 8.86. The zero-order chi connectivity index (χ0) is 13.3. The average Bonchev–Trinajstić information content (AvgIpc) is 2.27. The van der Waals surface area contributed by atoms with E-state index in [1.807, 2.05) is 31.2 Å². The summed E-state index contributed by atoms with van der Waals surface area (Å²) in [6.45, 7) is 6.31. The Labute approximate surface area is 121 Å². The molecule has 2 rings (SSSR count). The van der Waals surface area contributed by atoms with E-state index < -0.39 is 0 Å². The number of nitrogens with zero attached hydrogens (tertiary/aromatic N) is 1. The molecule has 2 nitrogen and oxygen atoms in total. The molecule has 0 fully saturated rings. The van der Waals surface area contributed by atoms with E-state index in [0.717, 1.165) is 27.1 Å². The van der Waals surface area contributed by atoms with E-state index >= 15 is 0 Å². The number of aromatic amines is 1. The second kappa shape index (κ2) is 5.33. The Morgan fingerprint density at radius 1 is 1.33 bits per heavy atom. The molecule has 4 heteroatoms. The number of hydrogen-bond donors (Lipinski definition) is 1. The first kappa shape index (κ1) is 13.4. The van der Waals surface area contributed by atoms with Gasteiger partial charge in [0.2, 0.25) is 0 Å². The average molecular weight is 323 g/mol. The molecule has 0 atom stereocenters. The van der Waals surface area contributed by atoms with Crippen molar-refractivity contribution in [2.24, 2.45) is 0 Å². The van der Waals surface area contributed by atoms with Crippen LogP contribution in [0, 0.1) is 11.6 Å². The highest BCUT2D eigenvalue weighted by atomic mass is 79.9. The zero-order valence-electron chi connectivity index (χ0n) is 10.6. The molecule has 1 heterocycles. The monoisotopic (exact) mass is 322 g/mol. The van der Waals surface area contributed by atoms with Crippen molar-refractivity contribution in [3.05, 3.63) is 44.6 Å². The molecule has 0 aliphatic carbocycles. The van der Waals surface area contributed by atoms with Gasteiger partial charge in [0.05, 0.1) is 0 Å². The molecule has 0 unspecified atom stereocenters. The van der Waals surface area contributed by atoms with Crippen LogP contribution in [0.15, 0.2) is 28.7 Å². The van der Waals surface area contributed by atoms with Crippen LogP contribution in [0.5, 0.6) is 0 Å². The standard InChI is InChI=1S/C14H15BrN2S/c1-8(2)12-9(3)16-13(17-14(12)18)10-5-4-6-11(15)7-10/h4-8H,1-3H3,(H,16,17,18). The molecule has 0 saturated carbocycles. The van der Waals surface area contributed by atoms with Crippen molar-refractivity contribution in [1.29, 1.82) is 0 Å². The van der Waals surface area contributed by atoms with Gasteiger partial charge in [-0.15, -0.1) is 0 Å². The highest BCUT2D eigenvalue weighted by molar-refractivity contribution is 9.10. The SMILES string of the molecule is Cc1[nH]c(-c2cccc(Br)c2)nc(=S)c1C(C)C. The molecular formula is C14H15BrN2S. The van der Waals surface area contributed by atoms with Crippen molar-refractivity contribution >= 4 is 28.1 Å². The summed E-state index contributed by atoms with van der Waals surface area (Å²) in [5.41, 5.74) is 3.26. The van der Waals surface area contributed by atoms with Crippen LogP contribution < -0.4 is 0 Å². The van der Waals surface area contributed by atoms with Crippen LogP contribution >= 0.6 is 28.1 Å². The highest BCUT2D eigenvalue weighted by Gasteiger charge is 2.10. The number of nitrogens with one attached hydrogen (secondary N) is 1. The molecule has 2 aromatic rings. The van der Waals surface area contributed by atoms with Crippen LogP contribution in [0.25, 0.3) is 11.4 Å². The van der Waals surface area contributed by atoms with Crippen molar-refractivity contribution in [3.63, 3.8) is 0 Å². The van der Waals surface area contributed by atoms with Crippen molar-refractivity contribution in [2.75, 3.05) is 0 Å². The minimum absolute atomic E-state index is 0.387. The Morgan fingerprint density at radius 3 is 2.61 bits per heavy atom. The van der Waals surface area contributed by atoms with Gasteiger partial charge in [-0.05, 0) is 25.0 Å². The number of H-pyrrole nitrogens is 1. The Kier molecular flexibility index (Phi) is 3.97. The van der Waals surface area contributed by atoms with Crippen molar-refractivity contribution in [1.82, 2.24) is 9.97 Å². The number of halogens is 1. The first-order chi connectivity index (χ1) is 8.49. The Balaban J connectivity index is 2.59. The topological polar surface area (TPSA) is 28.7 Å². The van der Waals surface area contributed by atoms with E-state index in [4.69, 9.17) is 12.2 Å². The maximum absolute atomic E-state index is 5.39. The molecule has 1 aromatic carbocycles. The summed E-state index contributed by atoms with van der Waals surface area (Å²) in [6, 6.07) is 8.03. The normalized spacial score (nSPS) is 10.9.